The fourth-order valence-corrected chi connectivity index (χ4v) is 0.628. The minimum Gasteiger partial charge on any atom is -0.330 e. The van der Waals surface area contributed by atoms with E-state index in [1.54, 1.807) is 0 Å². The highest BCUT2D eigenvalue weighted by Crippen LogP contribution is 2.37. The lowest BCUT2D eigenvalue weighted by Gasteiger charge is -2.31. The monoisotopic (exact) mass is 151 g/mol. The van der Waals surface area contributed by atoms with Crippen molar-refractivity contribution in [2.24, 2.45) is 11.1 Å². The summed E-state index contributed by atoms with van der Waals surface area (Å²) >= 11 is 0. The largest absolute Gasteiger partial charge is 0.330 e. The molecule has 0 aromatic carbocycles. The second-order valence-corrected chi connectivity index (χ2v) is 3.15. The minimum atomic E-state index is -2.64. The average molecular weight is 151 g/mol. The summed E-state index contributed by atoms with van der Waals surface area (Å²) < 4.78 is 25.7. The van der Waals surface area contributed by atoms with Gasteiger partial charge in [0, 0.05) is 18.4 Å². The third-order valence-electron chi connectivity index (χ3n) is 1.94. The van der Waals surface area contributed by atoms with Crippen LogP contribution in [0.3, 0.4) is 0 Å². The predicted octanol–water partition coefficient (Wildman–Crippen LogP) is 2.02. The number of alkyl halides is 2. The van der Waals surface area contributed by atoms with Crippen LogP contribution in [-0.2, 0) is 0 Å². The number of hydrogen-bond donors (Lipinski definition) is 1. The lowest BCUT2D eigenvalue weighted by atomic mass is 9.84. The molecule has 0 spiro atoms. The minimum absolute atomic E-state index is 0.0217. The number of hydrogen-bond acceptors (Lipinski definition) is 1. The van der Waals surface area contributed by atoms with Crippen molar-refractivity contribution in [1.29, 1.82) is 0 Å². The average Bonchev–Trinajstić information content (AvgIpc) is 1.88. The van der Waals surface area contributed by atoms with Gasteiger partial charge in [-0.1, -0.05) is 20.8 Å². The summed E-state index contributed by atoms with van der Waals surface area (Å²) in [5.41, 5.74) is 4.12. The Morgan fingerprint density at radius 2 is 1.70 bits per heavy atom. The molecule has 0 amide bonds. The van der Waals surface area contributed by atoms with E-state index in [-0.39, 0.29) is 13.0 Å². The molecule has 0 aliphatic heterocycles. The van der Waals surface area contributed by atoms with Crippen molar-refractivity contribution in [2.75, 3.05) is 6.54 Å². The van der Waals surface area contributed by atoms with Gasteiger partial charge in [0.05, 0.1) is 0 Å². The zero-order valence-electron chi connectivity index (χ0n) is 6.75. The maximum Gasteiger partial charge on any atom is 0.254 e. The van der Waals surface area contributed by atoms with Gasteiger partial charge in [0.2, 0.25) is 0 Å². The first-order valence-corrected chi connectivity index (χ1v) is 3.45. The van der Waals surface area contributed by atoms with Crippen molar-refractivity contribution < 1.29 is 8.78 Å². The van der Waals surface area contributed by atoms with Crippen molar-refractivity contribution in [3.8, 4) is 0 Å². The third kappa shape index (κ3) is 1.66. The molecule has 62 valence electrons. The van der Waals surface area contributed by atoms with E-state index in [1.165, 1.54) is 20.8 Å². The molecule has 0 radical (unpaired) electrons. The van der Waals surface area contributed by atoms with Crippen molar-refractivity contribution in [3.63, 3.8) is 0 Å². The predicted molar refractivity (Wildman–Crippen MR) is 38.1 cm³/mol. The smallest absolute Gasteiger partial charge is 0.254 e. The second-order valence-electron chi connectivity index (χ2n) is 3.15. The Kier molecular flexibility index (Phi) is 2.77. The Balaban J connectivity index is 4.28. The quantitative estimate of drug-likeness (QED) is 0.656. The summed E-state index contributed by atoms with van der Waals surface area (Å²) in [7, 11) is 0. The maximum absolute atomic E-state index is 12.9. The first-order valence-electron chi connectivity index (χ1n) is 3.45. The highest BCUT2D eigenvalue weighted by Gasteiger charge is 2.43. The SMILES string of the molecule is CCC(F)(F)C(C)(C)CN. The van der Waals surface area contributed by atoms with Crippen molar-refractivity contribution >= 4 is 0 Å². The summed E-state index contributed by atoms with van der Waals surface area (Å²) in [6, 6.07) is 0. The van der Waals surface area contributed by atoms with Crippen molar-refractivity contribution in [2.45, 2.75) is 33.1 Å². The van der Waals surface area contributed by atoms with Gasteiger partial charge in [-0.2, -0.15) is 0 Å². The second kappa shape index (κ2) is 2.82. The van der Waals surface area contributed by atoms with Crippen LogP contribution >= 0.6 is 0 Å². The van der Waals surface area contributed by atoms with Gasteiger partial charge < -0.3 is 5.73 Å². The van der Waals surface area contributed by atoms with E-state index in [4.69, 9.17) is 5.73 Å². The molecule has 0 aromatic rings. The third-order valence-corrected chi connectivity index (χ3v) is 1.94. The van der Waals surface area contributed by atoms with Gasteiger partial charge in [0.25, 0.3) is 5.92 Å². The fourth-order valence-electron chi connectivity index (χ4n) is 0.628. The van der Waals surface area contributed by atoms with Crippen LogP contribution in [0.1, 0.15) is 27.2 Å². The molecule has 0 atom stereocenters. The van der Waals surface area contributed by atoms with Crippen molar-refractivity contribution in [1.82, 2.24) is 0 Å². The van der Waals surface area contributed by atoms with Crippen LogP contribution in [0.4, 0.5) is 8.78 Å². The molecule has 0 heterocycles. The maximum atomic E-state index is 12.9. The van der Waals surface area contributed by atoms with Crippen molar-refractivity contribution in [3.05, 3.63) is 0 Å². The lowest BCUT2D eigenvalue weighted by Crippen LogP contribution is -2.41. The van der Waals surface area contributed by atoms with Crippen LogP contribution in [0.25, 0.3) is 0 Å². The van der Waals surface area contributed by atoms with Gasteiger partial charge in [-0.3, -0.25) is 0 Å². The van der Waals surface area contributed by atoms with Crippen LogP contribution in [0.5, 0.6) is 0 Å². The van der Waals surface area contributed by atoms with Gasteiger partial charge in [0.1, 0.15) is 0 Å². The van der Waals surface area contributed by atoms with Gasteiger partial charge in [0.15, 0.2) is 0 Å². The van der Waals surface area contributed by atoms with E-state index in [9.17, 15) is 8.78 Å². The molecular formula is C7H15F2N. The molecule has 1 nitrogen and oxygen atoms in total. The summed E-state index contributed by atoms with van der Waals surface area (Å²) in [4.78, 5) is 0. The van der Waals surface area contributed by atoms with E-state index >= 15 is 0 Å². The van der Waals surface area contributed by atoms with E-state index < -0.39 is 11.3 Å². The fraction of sp³-hybridized carbons (Fsp3) is 1.00. The number of nitrogens with two attached hydrogens (primary N) is 1. The summed E-state index contributed by atoms with van der Waals surface area (Å²) in [6.07, 6.45) is -0.142. The first-order chi connectivity index (χ1) is 4.37. The van der Waals surface area contributed by atoms with Crippen LogP contribution < -0.4 is 5.73 Å². The summed E-state index contributed by atoms with van der Waals surface area (Å²) in [6.45, 7) is 4.46. The van der Waals surface area contributed by atoms with Crippen LogP contribution in [-0.4, -0.2) is 12.5 Å². The molecule has 2 N–H and O–H groups in total. The van der Waals surface area contributed by atoms with E-state index in [2.05, 4.69) is 0 Å². The molecule has 0 saturated heterocycles. The molecule has 0 unspecified atom stereocenters. The molecule has 0 rings (SSSR count). The molecule has 0 aliphatic rings. The first kappa shape index (κ1) is 9.82. The number of halogens is 2. The molecule has 10 heavy (non-hydrogen) atoms. The van der Waals surface area contributed by atoms with E-state index in [1.807, 2.05) is 0 Å². The topological polar surface area (TPSA) is 26.0 Å². The normalized spacial score (nSPS) is 13.8. The molecule has 0 aromatic heterocycles. The van der Waals surface area contributed by atoms with Crippen LogP contribution in [0, 0.1) is 5.41 Å². The van der Waals surface area contributed by atoms with Gasteiger partial charge >= 0.3 is 0 Å². The summed E-state index contributed by atoms with van der Waals surface area (Å²) in [5.74, 6) is -2.64. The highest BCUT2D eigenvalue weighted by molar-refractivity contribution is 4.84. The van der Waals surface area contributed by atoms with E-state index in [0.29, 0.717) is 0 Å². The molecule has 0 saturated carbocycles. The molecule has 0 bridgehead atoms. The standard InChI is InChI=1S/C7H15F2N/c1-4-7(8,9)6(2,3)5-10/h4-5,10H2,1-3H3. The van der Waals surface area contributed by atoms with Gasteiger partial charge in [-0.25, -0.2) is 8.78 Å². The summed E-state index contributed by atoms with van der Waals surface area (Å²) in [5, 5.41) is 0. The van der Waals surface area contributed by atoms with Crippen LogP contribution in [0.15, 0.2) is 0 Å². The van der Waals surface area contributed by atoms with Gasteiger partial charge in [-0.15, -0.1) is 0 Å². The Morgan fingerprint density at radius 3 is 1.80 bits per heavy atom. The van der Waals surface area contributed by atoms with E-state index in [0.717, 1.165) is 0 Å². The van der Waals surface area contributed by atoms with Gasteiger partial charge in [-0.05, 0) is 0 Å². The lowest BCUT2D eigenvalue weighted by molar-refractivity contribution is -0.103. The Labute approximate surface area is 60.6 Å². The zero-order valence-corrected chi connectivity index (χ0v) is 6.75. The number of rotatable bonds is 3. The zero-order chi connectivity index (χ0) is 8.41. The Hall–Kier alpha value is -0.180. The highest BCUT2D eigenvalue weighted by atomic mass is 19.3. The Morgan fingerprint density at radius 1 is 1.30 bits per heavy atom. The molecule has 0 fully saturated rings. The molecular weight excluding hydrogens is 136 g/mol. The molecule has 3 heteroatoms. The molecule has 0 aliphatic carbocycles. The van der Waals surface area contributed by atoms with Crippen LogP contribution in [0.2, 0.25) is 0 Å². The Bertz CT molecular complexity index is 96.2.